The summed E-state index contributed by atoms with van der Waals surface area (Å²) in [5.41, 5.74) is 1.43. The number of fused-ring (bicyclic) bond motifs is 1. The molecule has 0 fully saturated rings. The average molecular weight is 475 g/mol. The van der Waals surface area contributed by atoms with Crippen LogP contribution in [0.15, 0.2) is 76.8 Å². The number of pyridine rings is 1. The third kappa shape index (κ3) is 4.71. The van der Waals surface area contributed by atoms with Gasteiger partial charge in [-0.15, -0.1) is 0 Å². The molecule has 1 aromatic heterocycles. The molecule has 2 aliphatic rings. The van der Waals surface area contributed by atoms with E-state index in [4.69, 9.17) is 0 Å². The number of aromatic carboxylic acids is 1. The maximum Gasteiger partial charge on any atom is 0.341 e. The fourth-order valence-electron chi connectivity index (χ4n) is 4.96. The Morgan fingerprint density at radius 3 is 2.54 bits per heavy atom. The van der Waals surface area contributed by atoms with Crippen LogP contribution in [0.3, 0.4) is 0 Å². The number of benzene rings is 1. The van der Waals surface area contributed by atoms with E-state index in [1.165, 1.54) is 10.8 Å². The van der Waals surface area contributed by atoms with Crippen molar-refractivity contribution < 1.29 is 19.8 Å². The number of hydrogen-bond acceptors (Lipinski definition) is 4. The quantitative estimate of drug-likeness (QED) is 0.600. The number of carboxylic acid groups (broad SMARTS) is 1. The molecule has 2 heterocycles. The summed E-state index contributed by atoms with van der Waals surface area (Å²) in [5.74, 6) is -2.64. The van der Waals surface area contributed by atoms with Gasteiger partial charge in [0.1, 0.15) is 5.56 Å². The van der Waals surface area contributed by atoms with Crippen molar-refractivity contribution in [3.05, 3.63) is 99.0 Å². The molecule has 182 valence electrons. The second kappa shape index (κ2) is 9.78. The van der Waals surface area contributed by atoms with Gasteiger partial charge in [-0.05, 0) is 31.7 Å². The number of amides is 1. The van der Waals surface area contributed by atoms with Gasteiger partial charge in [0, 0.05) is 25.2 Å². The highest BCUT2D eigenvalue weighted by atomic mass is 16.4. The number of carboxylic acids is 1. The molecule has 2 aromatic rings. The topological polar surface area (TPSA) is 99.8 Å². The molecule has 0 saturated carbocycles. The van der Waals surface area contributed by atoms with Crippen LogP contribution in [0.25, 0.3) is 0 Å². The van der Waals surface area contributed by atoms with Crippen LogP contribution < -0.4 is 5.43 Å². The standard InChI is InChI=1S/C28H30N2O5/c1-17(2)12-13-29-16-22(30-15-21(28(34)35)25(31)26(32)24(30)27(29)33)23(19-9-5-4-6-10-19)20-11-7-8-18(3)14-20/h4-12,15,18,22-23,32H,13-14,16H2,1-3H3,(H,34,35)/t18?,22-,23?/m1/s1. The van der Waals surface area contributed by atoms with E-state index in [1.807, 2.05) is 56.3 Å². The van der Waals surface area contributed by atoms with Crippen molar-refractivity contribution in [2.24, 2.45) is 5.92 Å². The van der Waals surface area contributed by atoms with Gasteiger partial charge in [0.05, 0.1) is 6.04 Å². The number of carbonyl (C=O) groups is 2. The molecule has 1 aromatic carbocycles. The second-order valence-electron chi connectivity index (χ2n) is 9.54. The fourth-order valence-corrected chi connectivity index (χ4v) is 4.96. The van der Waals surface area contributed by atoms with Crippen LogP contribution in [0.2, 0.25) is 0 Å². The lowest BCUT2D eigenvalue weighted by molar-refractivity contribution is 0.0653. The van der Waals surface area contributed by atoms with Crippen LogP contribution in [-0.2, 0) is 0 Å². The number of rotatable bonds is 6. The van der Waals surface area contributed by atoms with Crippen molar-refractivity contribution >= 4 is 11.9 Å². The fraction of sp³-hybridized carbons (Fsp3) is 0.321. The minimum Gasteiger partial charge on any atom is -0.503 e. The van der Waals surface area contributed by atoms with Gasteiger partial charge in [-0.1, -0.05) is 72.7 Å². The molecular formula is C28H30N2O5. The van der Waals surface area contributed by atoms with Crippen molar-refractivity contribution in [3.63, 3.8) is 0 Å². The first-order valence-corrected chi connectivity index (χ1v) is 11.7. The van der Waals surface area contributed by atoms with Gasteiger partial charge in [0.2, 0.25) is 5.43 Å². The Morgan fingerprint density at radius 2 is 1.91 bits per heavy atom. The van der Waals surface area contributed by atoms with Gasteiger partial charge in [-0.2, -0.15) is 0 Å². The summed E-state index contributed by atoms with van der Waals surface area (Å²) in [6, 6.07) is 9.45. The molecule has 3 atom stereocenters. The van der Waals surface area contributed by atoms with Gasteiger partial charge in [-0.3, -0.25) is 9.59 Å². The lowest BCUT2D eigenvalue weighted by Crippen LogP contribution is -2.47. The molecule has 2 N–H and O–H groups in total. The largest absolute Gasteiger partial charge is 0.503 e. The molecular weight excluding hydrogens is 444 g/mol. The Bertz CT molecular complexity index is 1300. The maximum atomic E-state index is 13.4. The molecule has 0 bridgehead atoms. The first kappa shape index (κ1) is 24.3. The van der Waals surface area contributed by atoms with E-state index in [2.05, 4.69) is 19.1 Å². The van der Waals surface area contributed by atoms with Crippen molar-refractivity contribution in [3.8, 4) is 5.75 Å². The number of carbonyl (C=O) groups excluding carboxylic acids is 1. The monoisotopic (exact) mass is 474 g/mol. The smallest absolute Gasteiger partial charge is 0.341 e. The van der Waals surface area contributed by atoms with Crippen molar-refractivity contribution in [1.82, 2.24) is 9.47 Å². The van der Waals surface area contributed by atoms with E-state index in [0.29, 0.717) is 19.0 Å². The first-order valence-electron chi connectivity index (χ1n) is 11.7. The summed E-state index contributed by atoms with van der Waals surface area (Å²) in [5, 5.41) is 20.4. The van der Waals surface area contributed by atoms with E-state index in [1.54, 1.807) is 4.90 Å². The van der Waals surface area contributed by atoms with E-state index in [0.717, 1.165) is 23.1 Å². The Kier molecular flexibility index (Phi) is 6.78. The van der Waals surface area contributed by atoms with Crippen LogP contribution in [-0.4, -0.2) is 44.6 Å². The summed E-state index contributed by atoms with van der Waals surface area (Å²) in [7, 11) is 0. The molecule has 0 saturated heterocycles. The molecule has 1 aliphatic heterocycles. The molecule has 0 spiro atoms. The molecule has 2 unspecified atom stereocenters. The van der Waals surface area contributed by atoms with Crippen LogP contribution in [0, 0.1) is 5.92 Å². The highest BCUT2D eigenvalue weighted by Crippen LogP contribution is 2.43. The lowest BCUT2D eigenvalue weighted by atomic mass is 9.78. The van der Waals surface area contributed by atoms with E-state index in [-0.39, 0.29) is 11.6 Å². The summed E-state index contributed by atoms with van der Waals surface area (Å²) in [6.45, 7) is 6.63. The molecule has 0 radical (unpaired) electrons. The van der Waals surface area contributed by atoms with E-state index >= 15 is 0 Å². The third-order valence-corrected chi connectivity index (χ3v) is 6.67. The minimum absolute atomic E-state index is 0.167. The van der Waals surface area contributed by atoms with Gasteiger partial charge >= 0.3 is 5.97 Å². The molecule has 4 rings (SSSR count). The van der Waals surface area contributed by atoms with Gasteiger partial charge in [0.15, 0.2) is 11.4 Å². The zero-order valence-corrected chi connectivity index (χ0v) is 20.1. The van der Waals surface area contributed by atoms with Crippen LogP contribution in [0.4, 0.5) is 0 Å². The van der Waals surface area contributed by atoms with Gasteiger partial charge < -0.3 is 19.7 Å². The zero-order valence-electron chi connectivity index (χ0n) is 20.1. The molecule has 1 amide bonds. The summed E-state index contributed by atoms with van der Waals surface area (Å²) in [4.78, 5) is 39.5. The van der Waals surface area contributed by atoms with Crippen molar-refractivity contribution in [2.45, 2.75) is 39.2 Å². The van der Waals surface area contributed by atoms with Crippen LogP contribution in [0.5, 0.6) is 5.75 Å². The Hall–Kier alpha value is -3.87. The number of hydrogen-bond donors (Lipinski definition) is 2. The number of allylic oxidation sites excluding steroid dienone is 5. The van der Waals surface area contributed by atoms with Crippen LogP contribution >= 0.6 is 0 Å². The number of nitrogens with zero attached hydrogens (tertiary/aromatic N) is 2. The highest BCUT2D eigenvalue weighted by molar-refractivity contribution is 5.97. The number of aromatic hydroxyl groups is 1. The number of aromatic nitrogens is 1. The summed E-state index contributed by atoms with van der Waals surface area (Å²) in [6.07, 6.45) is 10.2. The average Bonchev–Trinajstić information content (AvgIpc) is 2.82. The van der Waals surface area contributed by atoms with E-state index in [9.17, 15) is 24.6 Å². The Labute approximate surface area is 204 Å². The van der Waals surface area contributed by atoms with Crippen molar-refractivity contribution in [2.75, 3.05) is 13.1 Å². The third-order valence-electron chi connectivity index (χ3n) is 6.67. The summed E-state index contributed by atoms with van der Waals surface area (Å²) < 4.78 is 1.52. The predicted octanol–water partition coefficient (Wildman–Crippen LogP) is 4.52. The Morgan fingerprint density at radius 1 is 1.20 bits per heavy atom. The first-order chi connectivity index (χ1) is 16.7. The highest BCUT2D eigenvalue weighted by Gasteiger charge is 2.40. The summed E-state index contributed by atoms with van der Waals surface area (Å²) >= 11 is 0. The SMILES string of the molecule is CC(C)=CCN1C[C@H](C(C2=CC=CC(C)C2)c2ccccc2)n2cc(C(=O)O)c(=O)c(O)c2C1=O. The molecule has 7 heteroatoms. The second-order valence-corrected chi connectivity index (χ2v) is 9.54. The Balaban J connectivity index is 1.97. The predicted molar refractivity (Wildman–Crippen MR) is 134 cm³/mol. The molecule has 35 heavy (non-hydrogen) atoms. The minimum atomic E-state index is -1.44. The molecule has 1 aliphatic carbocycles. The van der Waals surface area contributed by atoms with Gasteiger partial charge in [-0.25, -0.2) is 4.79 Å². The van der Waals surface area contributed by atoms with Gasteiger partial charge in [0.25, 0.3) is 5.91 Å². The van der Waals surface area contributed by atoms with Crippen molar-refractivity contribution in [1.29, 1.82) is 0 Å². The lowest BCUT2D eigenvalue weighted by Gasteiger charge is -2.41. The van der Waals surface area contributed by atoms with Crippen LogP contribution in [0.1, 0.15) is 65.6 Å². The normalized spacial score (nSPS) is 20.1. The zero-order chi connectivity index (χ0) is 25.3. The maximum absolute atomic E-state index is 13.4. The molecule has 7 nitrogen and oxygen atoms in total. The van der Waals surface area contributed by atoms with E-state index < -0.39 is 34.7 Å².